The maximum absolute atomic E-state index is 13.6. The number of halogens is 3. The third kappa shape index (κ3) is 2.52. The lowest BCUT2D eigenvalue weighted by Crippen LogP contribution is -2.03. The van der Waals surface area contributed by atoms with Gasteiger partial charge in [0.2, 0.25) is 5.78 Å². The molecule has 0 unspecified atom stereocenters. The summed E-state index contributed by atoms with van der Waals surface area (Å²) in [6, 6.07) is 5.36. The minimum absolute atomic E-state index is 0.0111. The summed E-state index contributed by atoms with van der Waals surface area (Å²) in [5.74, 6) is -1.85. The fourth-order valence-electron chi connectivity index (χ4n) is 1.52. The van der Waals surface area contributed by atoms with E-state index in [1.165, 1.54) is 11.3 Å². The van der Waals surface area contributed by atoms with E-state index < -0.39 is 17.4 Å². The van der Waals surface area contributed by atoms with E-state index in [0.29, 0.717) is 4.88 Å². The summed E-state index contributed by atoms with van der Waals surface area (Å²) in [4.78, 5) is 13.5. The quantitative estimate of drug-likeness (QED) is 0.594. The number of rotatable bonds is 3. The summed E-state index contributed by atoms with van der Waals surface area (Å²) in [6.45, 7) is 1.97. The lowest BCUT2D eigenvalue weighted by molar-refractivity contribution is 0.103. The van der Waals surface area contributed by atoms with Crippen molar-refractivity contribution in [2.45, 2.75) is 13.3 Å². The first-order chi connectivity index (χ1) is 8.52. The van der Waals surface area contributed by atoms with Crippen LogP contribution in [0, 0.1) is 11.6 Å². The SMILES string of the molecule is CCc1ccc(C(=O)c2cc(F)c(Br)cc2F)s1. The molecular formula is C13H9BrF2OS. The smallest absolute Gasteiger partial charge is 0.206 e. The van der Waals surface area contributed by atoms with E-state index in [2.05, 4.69) is 15.9 Å². The van der Waals surface area contributed by atoms with Crippen LogP contribution in [-0.2, 0) is 6.42 Å². The highest BCUT2D eigenvalue weighted by atomic mass is 79.9. The number of ketones is 1. The van der Waals surface area contributed by atoms with Gasteiger partial charge in [0.25, 0.3) is 0 Å². The van der Waals surface area contributed by atoms with Gasteiger partial charge in [-0.15, -0.1) is 11.3 Å². The van der Waals surface area contributed by atoms with Gasteiger partial charge >= 0.3 is 0 Å². The molecule has 5 heteroatoms. The second-order valence-corrected chi connectivity index (χ2v) is 5.72. The monoisotopic (exact) mass is 330 g/mol. The zero-order chi connectivity index (χ0) is 13.3. The van der Waals surface area contributed by atoms with Crippen molar-refractivity contribution in [2.75, 3.05) is 0 Å². The van der Waals surface area contributed by atoms with Crippen molar-refractivity contribution < 1.29 is 13.6 Å². The molecule has 1 aromatic heterocycles. The Hall–Kier alpha value is -1.07. The van der Waals surface area contributed by atoms with Crippen LogP contribution in [0.3, 0.4) is 0 Å². The van der Waals surface area contributed by atoms with Gasteiger partial charge in [0, 0.05) is 4.88 Å². The highest BCUT2D eigenvalue weighted by Crippen LogP contribution is 2.25. The molecular weight excluding hydrogens is 322 g/mol. The van der Waals surface area contributed by atoms with Gasteiger partial charge in [-0.3, -0.25) is 4.79 Å². The number of hydrogen-bond acceptors (Lipinski definition) is 2. The van der Waals surface area contributed by atoms with Gasteiger partial charge in [-0.2, -0.15) is 0 Å². The van der Waals surface area contributed by atoms with Crippen LogP contribution in [0.15, 0.2) is 28.7 Å². The maximum atomic E-state index is 13.6. The molecule has 0 radical (unpaired) electrons. The molecule has 1 heterocycles. The van der Waals surface area contributed by atoms with Gasteiger partial charge in [0.05, 0.1) is 14.9 Å². The molecule has 0 saturated heterocycles. The van der Waals surface area contributed by atoms with Gasteiger partial charge in [-0.25, -0.2) is 8.78 Å². The Kier molecular flexibility index (Phi) is 3.92. The van der Waals surface area contributed by atoms with Crippen molar-refractivity contribution in [3.05, 3.63) is 55.7 Å². The number of carbonyl (C=O) groups is 1. The molecule has 2 aromatic rings. The van der Waals surface area contributed by atoms with Gasteiger partial charge in [0.15, 0.2) is 0 Å². The average Bonchev–Trinajstić information content (AvgIpc) is 2.81. The molecule has 0 fully saturated rings. The Bertz CT molecular complexity index is 607. The summed E-state index contributed by atoms with van der Waals surface area (Å²) in [6.07, 6.45) is 0.815. The van der Waals surface area contributed by atoms with Crippen LogP contribution in [0.1, 0.15) is 27.0 Å². The molecule has 1 nitrogen and oxygen atoms in total. The van der Waals surface area contributed by atoms with Gasteiger partial charge in [-0.05, 0) is 46.6 Å². The minimum atomic E-state index is -0.722. The van der Waals surface area contributed by atoms with Crippen LogP contribution < -0.4 is 0 Å². The second kappa shape index (κ2) is 5.28. The minimum Gasteiger partial charge on any atom is -0.288 e. The molecule has 94 valence electrons. The van der Waals surface area contributed by atoms with E-state index in [1.54, 1.807) is 6.07 Å². The van der Waals surface area contributed by atoms with Crippen LogP contribution in [0.2, 0.25) is 0 Å². The highest BCUT2D eigenvalue weighted by Gasteiger charge is 2.18. The maximum Gasteiger partial charge on any atom is 0.206 e. The van der Waals surface area contributed by atoms with Crippen LogP contribution in [0.5, 0.6) is 0 Å². The number of aryl methyl sites for hydroxylation is 1. The Morgan fingerprint density at radius 1 is 1.28 bits per heavy atom. The Morgan fingerprint density at radius 3 is 2.61 bits per heavy atom. The van der Waals surface area contributed by atoms with Crippen LogP contribution in [-0.4, -0.2) is 5.78 Å². The summed E-state index contributed by atoms with van der Waals surface area (Å²) in [5.41, 5.74) is -0.236. The zero-order valence-corrected chi connectivity index (χ0v) is 11.9. The number of benzene rings is 1. The van der Waals surface area contributed by atoms with E-state index in [1.807, 2.05) is 13.0 Å². The Balaban J connectivity index is 2.42. The van der Waals surface area contributed by atoms with E-state index in [4.69, 9.17) is 0 Å². The molecule has 2 rings (SSSR count). The summed E-state index contributed by atoms with van der Waals surface area (Å²) >= 11 is 4.18. The summed E-state index contributed by atoms with van der Waals surface area (Å²) in [7, 11) is 0. The number of thiophene rings is 1. The number of carbonyl (C=O) groups excluding carboxylic acids is 1. The van der Waals surface area contributed by atoms with E-state index in [9.17, 15) is 13.6 Å². The third-order valence-corrected chi connectivity index (χ3v) is 4.32. The molecule has 0 aliphatic rings. The van der Waals surface area contributed by atoms with Crippen molar-refractivity contribution in [3.8, 4) is 0 Å². The summed E-state index contributed by atoms with van der Waals surface area (Å²) < 4.78 is 27.0. The first-order valence-electron chi connectivity index (χ1n) is 5.31. The Morgan fingerprint density at radius 2 is 2.00 bits per heavy atom. The average molecular weight is 331 g/mol. The van der Waals surface area contributed by atoms with Crippen molar-refractivity contribution in [1.82, 2.24) is 0 Å². The van der Waals surface area contributed by atoms with Crippen LogP contribution in [0.25, 0.3) is 0 Å². The molecule has 0 spiro atoms. The first-order valence-corrected chi connectivity index (χ1v) is 6.91. The van der Waals surface area contributed by atoms with E-state index in [0.717, 1.165) is 23.4 Å². The van der Waals surface area contributed by atoms with Crippen molar-refractivity contribution in [1.29, 1.82) is 0 Å². The third-order valence-electron chi connectivity index (χ3n) is 2.49. The lowest BCUT2D eigenvalue weighted by Gasteiger charge is -2.02. The standard InChI is InChI=1S/C13H9BrF2OS/c1-2-7-3-4-12(18-7)13(17)8-5-11(16)9(14)6-10(8)15/h3-6H,2H2,1H3. The molecule has 0 aliphatic heterocycles. The van der Waals surface area contributed by atoms with E-state index in [-0.39, 0.29) is 10.0 Å². The van der Waals surface area contributed by atoms with Gasteiger partial charge in [-0.1, -0.05) is 6.92 Å². The molecule has 0 amide bonds. The Labute approximate surface area is 116 Å². The molecule has 1 aromatic carbocycles. The molecule has 0 atom stereocenters. The first kappa shape index (κ1) is 13.4. The summed E-state index contributed by atoms with van der Waals surface area (Å²) in [5, 5.41) is 0. The van der Waals surface area contributed by atoms with Crippen LogP contribution >= 0.6 is 27.3 Å². The normalized spacial score (nSPS) is 10.7. The lowest BCUT2D eigenvalue weighted by atomic mass is 10.1. The fourth-order valence-corrected chi connectivity index (χ4v) is 2.74. The molecule has 18 heavy (non-hydrogen) atoms. The molecule has 0 saturated carbocycles. The molecule has 0 N–H and O–H groups in total. The van der Waals surface area contributed by atoms with E-state index >= 15 is 0 Å². The topological polar surface area (TPSA) is 17.1 Å². The highest BCUT2D eigenvalue weighted by molar-refractivity contribution is 9.10. The number of hydrogen-bond donors (Lipinski definition) is 0. The van der Waals surface area contributed by atoms with Crippen molar-refractivity contribution in [2.24, 2.45) is 0 Å². The molecule has 0 bridgehead atoms. The predicted molar refractivity (Wildman–Crippen MR) is 71.2 cm³/mol. The molecule has 0 aliphatic carbocycles. The van der Waals surface area contributed by atoms with Gasteiger partial charge in [0.1, 0.15) is 11.6 Å². The van der Waals surface area contributed by atoms with Crippen molar-refractivity contribution in [3.63, 3.8) is 0 Å². The predicted octanol–water partition coefficient (Wildman–Crippen LogP) is 4.58. The fraction of sp³-hybridized carbons (Fsp3) is 0.154. The zero-order valence-electron chi connectivity index (χ0n) is 9.47. The van der Waals surface area contributed by atoms with Gasteiger partial charge < -0.3 is 0 Å². The second-order valence-electron chi connectivity index (χ2n) is 3.69. The van der Waals surface area contributed by atoms with Crippen molar-refractivity contribution >= 4 is 33.0 Å². The van der Waals surface area contributed by atoms with Crippen LogP contribution in [0.4, 0.5) is 8.78 Å². The largest absolute Gasteiger partial charge is 0.288 e.